The minimum absolute atomic E-state index is 0.122. The van der Waals surface area contributed by atoms with Gasteiger partial charge in [0, 0.05) is 6.54 Å². The van der Waals surface area contributed by atoms with Gasteiger partial charge in [-0.3, -0.25) is 4.79 Å². The number of nitrogens with zero attached hydrogens (tertiary/aromatic N) is 1. The SMILES string of the molecule is COc1ccc([C@@H]2[C@H](Oc3ccccc3)C(=O)N2Cc2ccc(F)cc2)cc1OC. The zero-order valence-electron chi connectivity index (χ0n) is 16.7. The molecule has 154 valence electrons. The van der Waals surface area contributed by atoms with Gasteiger partial charge in [-0.2, -0.15) is 0 Å². The van der Waals surface area contributed by atoms with E-state index in [2.05, 4.69) is 0 Å². The highest BCUT2D eigenvalue weighted by molar-refractivity contribution is 5.89. The highest BCUT2D eigenvalue weighted by Crippen LogP contribution is 2.41. The van der Waals surface area contributed by atoms with Crippen molar-refractivity contribution in [1.82, 2.24) is 4.90 Å². The first-order valence-corrected chi connectivity index (χ1v) is 9.59. The molecular weight excluding hydrogens is 385 g/mol. The van der Waals surface area contributed by atoms with Crippen molar-refractivity contribution in [2.75, 3.05) is 14.2 Å². The molecule has 1 aliphatic heterocycles. The first-order chi connectivity index (χ1) is 14.6. The fraction of sp³-hybridized carbons (Fsp3) is 0.208. The summed E-state index contributed by atoms with van der Waals surface area (Å²) in [6.07, 6.45) is -0.661. The molecule has 6 heteroatoms. The zero-order chi connectivity index (χ0) is 21.1. The molecule has 1 fully saturated rings. The van der Waals surface area contributed by atoms with E-state index in [-0.39, 0.29) is 17.8 Å². The van der Waals surface area contributed by atoms with E-state index in [1.165, 1.54) is 12.1 Å². The Morgan fingerprint density at radius 3 is 2.27 bits per heavy atom. The van der Waals surface area contributed by atoms with Crippen LogP contribution in [-0.2, 0) is 11.3 Å². The average molecular weight is 407 g/mol. The standard InChI is InChI=1S/C24H22FNO4/c1-28-20-13-10-17(14-21(20)29-2)22-23(30-19-6-4-3-5-7-19)24(27)26(22)15-16-8-11-18(25)12-9-16/h3-14,22-23H,15H2,1-2H3/t22-,23+/m1/s1. The van der Waals surface area contributed by atoms with Crippen LogP contribution in [0.5, 0.6) is 17.2 Å². The molecule has 0 saturated carbocycles. The summed E-state index contributed by atoms with van der Waals surface area (Å²) in [5.74, 6) is 1.38. The molecule has 5 nitrogen and oxygen atoms in total. The van der Waals surface area contributed by atoms with Crippen molar-refractivity contribution in [3.05, 3.63) is 89.7 Å². The summed E-state index contributed by atoms with van der Waals surface area (Å²) in [6.45, 7) is 0.354. The smallest absolute Gasteiger partial charge is 0.267 e. The number of carbonyl (C=O) groups is 1. The maximum absolute atomic E-state index is 13.3. The van der Waals surface area contributed by atoms with E-state index in [1.54, 1.807) is 31.3 Å². The number of amides is 1. The number of para-hydroxylation sites is 1. The molecular formula is C24H22FNO4. The minimum Gasteiger partial charge on any atom is -0.493 e. The largest absolute Gasteiger partial charge is 0.493 e. The van der Waals surface area contributed by atoms with E-state index in [0.29, 0.717) is 23.8 Å². The van der Waals surface area contributed by atoms with Crippen molar-refractivity contribution in [3.63, 3.8) is 0 Å². The highest BCUT2D eigenvalue weighted by Gasteiger charge is 2.50. The number of hydrogen-bond acceptors (Lipinski definition) is 4. The van der Waals surface area contributed by atoms with Crippen LogP contribution < -0.4 is 14.2 Å². The minimum atomic E-state index is -0.661. The van der Waals surface area contributed by atoms with Crippen molar-refractivity contribution in [1.29, 1.82) is 0 Å². The van der Waals surface area contributed by atoms with E-state index < -0.39 is 6.10 Å². The van der Waals surface area contributed by atoms with Crippen LogP contribution in [0, 0.1) is 5.82 Å². The molecule has 0 spiro atoms. The lowest BCUT2D eigenvalue weighted by Gasteiger charge is -2.47. The molecule has 0 bridgehead atoms. The number of ether oxygens (including phenoxy) is 3. The van der Waals surface area contributed by atoms with Gasteiger partial charge in [0.05, 0.1) is 14.2 Å². The Hall–Kier alpha value is -3.54. The number of β-lactam (4-membered cyclic amide) rings is 1. The number of carbonyl (C=O) groups excluding carboxylic acids is 1. The Morgan fingerprint density at radius 1 is 0.900 bits per heavy atom. The van der Waals surface area contributed by atoms with Crippen molar-refractivity contribution in [3.8, 4) is 17.2 Å². The second-order valence-corrected chi connectivity index (χ2v) is 7.00. The molecule has 0 unspecified atom stereocenters. The number of halogens is 1. The van der Waals surface area contributed by atoms with Gasteiger partial charge in [0.2, 0.25) is 6.10 Å². The van der Waals surface area contributed by atoms with E-state index in [0.717, 1.165) is 11.1 Å². The van der Waals surface area contributed by atoms with Crippen LogP contribution in [0.3, 0.4) is 0 Å². The van der Waals surface area contributed by atoms with Gasteiger partial charge >= 0.3 is 0 Å². The predicted octanol–water partition coefficient (Wildman–Crippen LogP) is 4.37. The average Bonchev–Trinajstić information content (AvgIpc) is 2.79. The Labute approximate surface area is 174 Å². The predicted molar refractivity (Wildman–Crippen MR) is 110 cm³/mol. The van der Waals surface area contributed by atoms with Gasteiger partial charge in [-0.25, -0.2) is 4.39 Å². The Balaban J connectivity index is 1.65. The van der Waals surface area contributed by atoms with E-state index >= 15 is 0 Å². The number of hydrogen-bond donors (Lipinski definition) is 0. The lowest BCUT2D eigenvalue weighted by atomic mass is 9.89. The number of rotatable bonds is 7. The highest BCUT2D eigenvalue weighted by atomic mass is 19.1. The van der Waals surface area contributed by atoms with Crippen LogP contribution in [0.25, 0.3) is 0 Å². The molecule has 2 atom stereocenters. The molecule has 1 aliphatic rings. The molecule has 30 heavy (non-hydrogen) atoms. The van der Waals surface area contributed by atoms with Crippen molar-refractivity contribution in [2.24, 2.45) is 0 Å². The van der Waals surface area contributed by atoms with Gasteiger partial charge in [-0.15, -0.1) is 0 Å². The maximum Gasteiger partial charge on any atom is 0.267 e. The van der Waals surface area contributed by atoms with Crippen molar-refractivity contribution < 1.29 is 23.4 Å². The Morgan fingerprint density at radius 2 is 1.60 bits per heavy atom. The van der Waals surface area contributed by atoms with Gasteiger partial charge in [-0.05, 0) is 47.5 Å². The first-order valence-electron chi connectivity index (χ1n) is 9.59. The maximum atomic E-state index is 13.3. The summed E-state index contributed by atoms with van der Waals surface area (Å²) in [5.41, 5.74) is 1.71. The molecule has 0 N–H and O–H groups in total. The van der Waals surface area contributed by atoms with Gasteiger partial charge in [-0.1, -0.05) is 36.4 Å². The number of benzene rings is 3. The Bertz CT molecular complexity index is 1020. The van der Waals surface area contributed by atoms with Crippen molar-refractivity contribution >= 4 is 5.91 Å². The molecule has 1 heterocycles. The fourth-order valence-electron chi connectivity index (χ4n) is 3.63. The summed E-state index contributed by atoms with van der Waals surface area (Å²) in [5, 5.41) is 0. The van der Waals surface area contributed by atoms with Crippen molar-refractivity contribution in [2.45, 2.75) is 18.7 Å². The monoisotopic (exact) mass is 407 g/mol. The second-order valence-electron chi connectivity index (χ2n) is 7.00. The Kier molecular flexibility index (Phi) is 5.57. The lowest BCUT2D eigenvalue weighted by molar-refractivity contribution is -0.165. The number of methoxy groups -OCH3 is 2. The second kappa shape index (κ2) is 8.45. The van der Waals surface area contributed by atoms with Crippen LogP contribution in [0.1, 0.15) is 17.2 Å². The van der Waals surface area contributed by atoms with Gasteiger partial charge in [0.1, 0.15) is 17.6 Å². The van der Waals surface area contributed by atoms with Gasteiger partial charge in [0.25, 0.3) is 5.91 Å². The summed E-state index contributed by atoms with van der Waals surface area (Å²) < 4.78 is 30.1. The van der Waals surface area contributed by atoms with Crippen LogP contribution >= 0.6 is 0 Å². The fourth-order valence-corrected chi connectivity index (χ4v) is 3.63. The van der Waals surface area contributed by atoms with Crippen LogP contribution in [0.4, 0.5) is 4.39 Å². The van der Waals surface area contributed by atoms with Gasteiger partial charge < -0.3 is 19.1 Å². The van der Waals surface area contributed by atoms with Crippen LogP contribution in [0.2, 0.25) is 0 Å². The van der Waals surface area contributed by atoms with E-state index in [4.69, 9.17) is 14.2 Å². The topological polar surface area (TPSA) is 48.0 Å². The first kappa shape index (κ1) is 19.8. The molecule has 1 saturated heterocycles. The molecule has 1 amide bonds. The zero-order valence-corrected chi connectivity index (χ0v) is 16.7. The normalized spacial score (nSPS) is 18.0. The quantitative estimate of drug-likeness (QED) is 0.546. The molecule has 0 aromatic heterocycles. The third-order valence-electron chi connectivity index (χ3n) is 5.17. The molecule has 0 aliphatic carbocycles. The van der Waals surface area contributed by atoms with Crippen LogP contribution in [0.15, 0.2) is 72.8 Å². The van der Waals surface area contributed by atoms with E-state index in [9.17, 15) is 9.18 Å². The number of likely N-dealkylation sites (tertiary alicyclic amines) is 1. The third kappa shape index (κ3) is 3.81. The summed E-state index contributed by atoms with van der Waals surface area (Å²) in [7, 11) is 3.15. The summed E-state index contributed by atoms with van der Waals surface area (Å²) >= 11 is 0. The van der Waals surface area contributed by atoms with E-state index in [1.807, 2.05) is 48.5 Å². The molecule has 4 rings (SSSR count). The summed E-state index contributed by atoms with van der Waals surface area (Å²) in [6, 6.07) is 20.7. The summed E-state index contributed by atoms with van der Waals surface area (Å²) in [4.78, 5) is 14.7. The lowest BCUT2D eigenvalue weighted by Crippen LogP contribution is -2.60. The van der Waals surface area contributed by atoms with Crippen LogP contribution in [-0.4, -0.2) is 31.1 Å². The molecule has 0 radical (unpaired) electrons. The van der Waals surface area contributed by atoms with Gasteiger partial charge in [0.15, 0.2) is 11.5 Å². The molecule has 3 aromatic rings. The molecule has 3 aromatic carbocycles. The third-order valence-corrected chi connectivity index (χ3v) is 5.17.